The molecular formula is C41H70N6O4. The summed E-state index contributed by atoms with van der Waals surface area (Å²) in [6.45, 7) is 31.4. The Morgan fingerprint density at radius 1 is 1.10 bits per heavy atom. The lowest BCUT2D eigenvalue weighted by Gasteiger charge is -2.71. The van der Waals surface area contributed by atoms with Gasteiger partial charge in [-0.25, -0.2) is 0 Å². The minimum absolute atomic E-state index is 0.111. The van der Waals surface area contributed by atoms with E-state index in [1.165, 1.54) is 5.57 Å². The highest BCUT2D eigenvalue weighted by Crippen LogP contribution is 2.75. The van der Waals surface area contributed by atoms with Crippen LogP contribution in [-0.2, 0) is 14.3 Å². The third-order valence-corrected chi connectivity index (χ3v) is 17.0. The van der Waals surface area contributed by atoms with Crippen molar-refractivity contribution in [1.29, 1.82) is 0 Å². The van der Waals surface area contributed by atoms with Gasteiger partial charge in [-0.05, 0) is 115 Å². The van der Waals surface area contributed by atoms with Gasteiger partial charge in [0.1, 0.15) is 6.04 Å². The Morgan fingerprint density at radius 2 is 1.78 bits per heavy atom. The van der Waals surface area contributed by atoms with E-state index < -0.39 is 22.7 Å². The van der Waals surface area contributed by atoms with Crippen molar-refractivity contribution in [3.8, 4) is 0 Å². The number of nitrogen functional groups attached to an aromatic ring is 1. The number of hydrogen-bond acceptors (Lipinski definition) is 8. The highest BCUT2D eigenvalue weighted by Gasteiger charge is 2.73. The van der Waals surface area contributed by atoms with Crippen LogP contribution in [0.1, 0.15) is 128 Å². The SMILES string of the molecule is CCN(CC)[C@](C)(CO[C@H]1[C@H](n2nnc(N)n2)C[C@]2(C)COC[C@@]13C1=CC[C@@]4(C)[C@H](C(=O)O)[C@@](C)([C@H](C)C(C)C)CC[C@]4(C)[C@H]1CC[C@H]23)C(C)C. The first kappa shape index (κ1) is 38.7. The molecule has 51 heavy (non-hydrogen) atoms. The van der Waals surface area contributed by atoms with E-state index in [1.54, 1.807) is 4.80 Å². The summed E-state index contributed by atoms with van der Waals surface area (Å²) in [4.78, 5) is 17.9. The molecule has 4 aliphatic carbocycles. The number of hydrogen-bond donors (Lipinski definition) is 2. The zero-order valence-corrected chi connectivity index (χ0v) is 34.0. The fourth-order valence-corrected chi connectivity index (χ4v) is 13.3. The van der Waals surface area contributed by atoms with Gasteiger partial charge in [0.25, 0.3) is 5.95 Å². The Hall–Kier alpha value is -2.04. The summed E-state index contributed by atoms with van der Waals surface area (Å²) < 4.78 is 14.3. The maximum absolute atomic E-state index is 13.6. The van der Waals surface area contributed by atoms with E-state index >= 15 is 0 Å². The van der Waals surface area contributed by atoms with Crippen molar-refractivity contribution >= 4 is 11.9 Å². The van der Waals surface area contributed by atoms with Crippen molar-refractivity contribution in [1.82, 2.24) is 25.1 Å². The molecule has 1 aliphatic heterocycles. The van der Waals surface area contributed by atoms with Crippen LogP contribution in [0.3, 0.4) is 0 Å². The third kappa shape index (κ3) is 5.40. The first-order valence-corrected chi connectivity index (χ1v) is 20.2. The number of aliphatic carboxylic acids is 1. The lowest BCUT2D eigenvalue weighted by molar-refractivity contribution is -0.258. The lowest BCUT2D eigenvalue weighted by atomic mass is 9.34. The quantitative estimate of drug-likeness (QED) is 0.224. The van der Waals surface area contributed by atoms with Gasteiger partial charge in [-0.2, -0.15) is 4.80 Å². The summed E-state index contributed by atoms with van der Waals surface area (Å²) in [5.74, 6) is 0.786. The van der Waals surface area contributed by atoms with Crippen LogP contribution in [0.4, 0.5) is 5.95 Å². The molecule has 3 N–H and O–H groups in total. The van der Waals surface area contributed by atoms with Crippen molar-refractivity contribution in [3.05, 3.63) is 11.6 Å². The number of allylic oxidation sites excluding steroid dienone is 1. The van der Waals surface area contributed by atoms with Crippen molar-refractivity contribution in [2.45, 2.75) is 139 Å². The van der Waals surface area contributed by atoms with E-state index in [1.807, 2.05) is 0 Å². The number of carbonyl (C=O) groups is 1. The van der Waals surface area contributed by atoms with E-state index in [0.717, 1.165) is 51.6 Å². The molecule has 0 amide bonds. The van der Waals surface area contributed by atoms with E-state index in [4.69, 9.17) is 15.2 Å². The topological polar surface area (TPSA) is 129 Å². The minimum atomic E-state index is -0.631. The summed E-state index contributed by atoms with van der Waals surface area (Å²) in [5.41, 5.74) is 6.03. The zero-order valence-electron chi connectivity index (χ0n) is 34.0. The predicted octanol–water partition coefficient (Wildman–Crippen LogP) is 7.53. The Bertz CT molecular complexity index is 1490. The van der Waals surface area contributed by atoms with E-state index in [0.29, 0.717) is 43.5 Å². The monoisotopic (exact) mass is 711 g/mol. The van der Waals surface area contributed by atoms with E-state index in [9.17, 15) is 9.90 Å². The smallest absolute Gasteiger partial charge is 0.307 e. The van der Waals surface area contributed by atoms with Gasteiger partial charge in [0.2, 0.25) is 0 Å². The Balaban J connectivity index is 1.52. The number of likely N-dealkylation sites (N-methyl/N-ethyl adjacent to an activating group) is 1. The minimum Gasteiger partial charge on any atom is -0.481 e. The molecule has 0 spiro atoms. The van der Waals surface area contributed by atoms with Crippen molar-refractivity contribution < 1.29 is 19.4 Å². The van der Waals surface area contributed by atoms with Crippen LogP contribution in [0.5, 0.6) is 0 Å². The van der Waals surface area contributed by atoms with Crippen LogP contribution < -0.4 is 5.73 Å². The molecule has 10 nitrogen and oxygen atoms in total. The summed E-state index contributed by atoms with van der Waals surface area (Å²) in [6, 6.07) is -0.165. The van der Waals surface area contributed by atoms with Crippen LogP contribution in [0.25, 0.3) is 0 Å². The summed E-state index contributed by atoms with van der Waals surface area (Å²) in [7, 11) is 0. The molecule has 1 aromatic heterocycles. The normalized spacial score (nSPS) is 42.5. The Kier molecular flexibility index (Phi) is 9.91. The third-order valence-electron chi connectivity index (χ3n) is 17.0. The standard InChI is InChI=1S/C41H70N6O4/c1-13-46(14-2)40(12,26(5)6)23-51-33-30(47-44-35(42)43-45-47)21-36(8)22-50-24-41(33)29-17-18-39(11)32(34(48)49)37(9,27(7)25(3)4)19-20-38(39,10)28(29)15-16-31(36)41/h17,25-28,30-33H,13-16,18-24H2,1-12H3,(H2,42,44)(H,48,49)/t27-,28+,30-,31-,32-,33+,36-,37-,38-,39+,40-,41+/m1/s1. The molecule has 3 saturated carbocycles. The van der Waals surface area contributed by atoms with Gasteiger partial charge >= 0.3 is 5.97 Å². The van der Waals surface area contributed by atoms with Gasteiger partial charge in [0, 0.05) is 11.0 Å². The fraction of sp³-hybridized carbons (Fsp3) is 0.902. The lowest BCUT2D eigenvalue weighted by Crippen LogP contribution is -2.70. The average Bonchev–Trinajstić information content (AvgIpc) is 3.50. The molecule has 0 radical (unpaired) electrons. The second kappa shape index (κ2) is 13.1. The first-order valence-electron chi connectivity index (χ1n) is 20.2. The number of tetrazole rings is 1. The number of anilines is 1. The molecule has 0 aromatic carbocycles. The molecule has 4 fully saturated rings. The molecule has 5 aliphatic rings. The molecule has 12 atom stereocenters. The van der Waals surface area contributed by atoms with Crippen molar-refractivity contribution in [2.24, 2.45) is 62.6 Å². The Morgan fingerprint density at radius 3 is 2.35 bits per heavy atom. The molecule has 288 valence electrons. The van der Waals surface area contributed by atoms with Gasteiger partial charge in [-0.3, -0.25) is 9.69 Å². The number of ether oxygens (including phenoxy) is 2. The van der Waals surface area contributed by atoms with Crippen LogP contribution in [0.15, 0.2) is 11.6 Å². The van der Waals surface area contributed by atoms with Crippen LogP contribution in [0.2, 0.25) is 0 Å². The molecule has 1 aromatic rings. The van der Waals surface area contributed by atoms with Gasteiger partial charge in [-0.1, -0.05) is 92.9 Å². The van der Waals surface area contributed by atoms with Crippen molar-refractivity contribution in [3.63, 3.8) is 0 Å². The highest BCUT2D eigenvalue weighted by molar-refractivity contribution is 5.73. The number of carboxylic acid groups (broad SMARTS) is 1. The number of nitrogens with two attached hydrogens (primary N) is 1. The maximum atomic E-state index is 13.6. The van der Waals surface area contributed by atoms with Crippen molar-refractivity contribution in [2.75, 3.05) is 38.6 Å². The van der Waals surface area contributed by atoms with E-state index in [-0.39, 0.29) is 45.8 Å². The molecule has 0 unspecified atom stereocenters. The maximum Gasteiger partial charge on any atom is 0.307 e. The van der Waals surface area contributed by atoms with Crippen LogP contribution in [0, 0.1) is 62.6 Å². The zero-order chi connectivity index (χ0) is 37.5. The Labute approximate surface area is 308 Å². The number of fused-ring (bicyclic) bond motifs is 3. The molecule has 6 rings (SSSR count). The molecule has 1 saturated heterocycles. The highest BCUT2D eigenvalue weighted by atomic mass is 16.5. The molecular weight excluding hydrogens is 640 g/mol. The number of nitrogens with zero attached hydrogens (tertiary/aromatic N) is 5. The van der Waals surface area contributed by atoms with Gasteiger partial charge in [-0.15, -0.1) is 5.10 Å². The second-order valence-electron chi connectivity index (χ2n) is 19.5. The van der Waals surface area contributed by atoms with Crippen LogP contribution >= 0.6 is 0 Å². The summed E-state index contributed by atoms with van der Waals surface area (Å²) >= 11 is 0. The first-order chi connectivity index (χ1) is 23.8. The van der Waals surface area contributed by atoms with Gasteiger partial charge < -0.3 is 20.3 Å². The van der Waals surface area contributed by atoms with Gasteiger partial charge in [0.15, 0.2) is 0 Å². The summed E-state index contributed by atoms with van der Waals surface area (Å²) in [6.07, 6.45) is 7.89. The van der Waals surface area contributed by atoms with E-state index in [2.05, 4.69) is 109 Å². The number of carboxylic acids is 1. The van der Waals surface area contributed by atoms with Gasteiger partial charge in [0.05, 0.1) is 31.8 Å². The average molecular weight is 711 g/mol. The molecule has 2 heterocycles. The molecule has 10 heteroatoms. The second-order valence-corrected chi connectivity index (χ2v) is 19.5. The number of aromatic nitrogens is 4. The predicted molar refractivity (Wildman–Crippen MR) is 201 cm³/mol. The summed E-state index contributed by atoms with van der Waals surface area (Å²) in [5, 5.41) is 24.5. The largest absolute Gasteiger partial charge is 0.481 e. The van der Waals surface area contributed by atoms with Crippen LogP contribution in [-0.4, -0.2) is 80.7 Å². The number of rotatable bonds is 11. The fourth-order valence-electron chi connectivity index (χ4n) is 13.3. The molecule has 2 bridgehead atoms.